The molecule has 1 unspecified atom stereocenters. The van der Waals surface area contributed by atoms with Gasteiger partial charge in [-0.25, -0.2) is 9.95 Å². The molecule has 0 spiro atoms. The number of H-pyrrole nitrogens is 1. The van der Waals surface area contributed by atoms with E-state index in [1.807, 2.05) is 0 Å². The molecule has 1 atom stereocenters. The summed E-state index contributed by atoms with van der Waals surface area (Å²) in [4.78, 5) is 20.8. The minimum atomic E-state index is -0.998. The maximum atomic E-state index is 10.4. The summed E-state index contributed by atoms with van der Waals surface area (Å²) in [6.07, 6.45) is 0. The summed E-state index contributed by atoms with van der Waals surface area (Å²) >= 11 is 0. The Kier molecular flexibility index (Phi) is 1.80. The van der Waals surface area contributed by atoms with Crippen molar-refractivity contribution < 1.29 is 14.4 Å². The highest BCUT2D eigenvalue weighted by Crippen LogP contribution is 2.09. The lowest BCUT2D eigenvalue weighted by Crippen LogP contribution is -2.07. The first-order valence-corrected chi connectivity index (χ1v) is 3.02. The van der Waals surface area contributed by atoms with Gasteiger partial charge in [-0.1, -0.05) is 0 Å². The van der Waals surface area contributed by atoms with E-state index < -0.39 is 17.5 Å². The van der Waals surface area contributed by atoms with Crippen LogP contribution in [0.3, 0.4) is 0 Å². The van der Waals surface area contributed by atoms with Crippen LogP contribution in [0.5, 0.6) is 0 Å². The molecule has 0 radical (unpaired) electrons. The number of carboxylic acid groups (broad SMARTS) is 1. The molecule has 5 nitrogen and oxygen atoms in total. The van der Waals surface area contributed by atoms with Crippen molar-refractivity contribution in [2.24, 2.45) is 0 Å². The predicted molar refractivity (Wildman–Crippen MR) is 35.4 cm³/mol. The molecular weight excluding hydrogens is 150 g/mol. The molecule has 11 heavy (non-hydrogen) atoms. The molecule has 0 aromatic carbocycles. The number of aliphatic carboxylic acids is 1. The van der Waals surface area contributed by atoms with Gasteiger partial charge in [0.25, 0.3) is 0 Å². The maximum Gasteiger partial charge on any atom is 0.357 e. The van der Waals surface area contributed by atoms with Crippen LogP contribution >= 0.6 is 0 Å². The number of aromatic nitrogens is 1. The average molecular weight is 157 g/mol. The van der Waals surface area contributed by atoms with Gasteiger partial charge in [0.05, 0.1) is 11.6 Å². The minimum absolute atomic E-state index is 0.280. The molecule has 1 aromatic rings. The van der Waals surface area contributed by atoms with Crippen molar-refractivity contribution in [1.82, 2.24) is 5.16 Å². The number of aromatic amines is 1. The fourth-order valence-electron chi connectivity index (χ4n) is 0.642. The van der Waals surface area contributed by atoms with Gasteiger partial charge < -0.3 is 9.63 Å². The third-order valence-corrected chi connectivity index (χ3v) is 1.38. The Bertz CT molecular complexity index is 310. The smallest absolute Gasteiger partial charge is 0.357 e. The van der Waals surface area contributed by atoms with Gasteiger partial charge in [0.1, 0.15) is 0 Å². The summed E-state index contributed by atoms with van der Waals surface area (Å²) in [5, 5.41) is 10.7. The normalized spacial score (nSPS) is 12.8. The van der Waals surface area contributed by atoms with Crippen molar-refractivity contribution in [3.8, 4) is 0 Å². The van der Waals surface area contributed by atoms with Gasteiger partial charge in [0.15, 0.2) is 0 Å². The van der Waals surface area contributed by atoms with Gasteiger partial charge in [-0.2, -0.15) is 0 Å². The standard InChI is InChI=1S/C6H7NO4/c1-3(6(9)10)4-2-5(8)11-7-4/h2-3,7H,1H3,(H,9,10). The van der Waals surface area contributed by atoms with Crippen molar-refractivity contribution in [3.05, 3.63) is 22.2 Å². The number of nitrogens with one attached hydrogen (secondary N) is 1. The van der Waals surface area contributed by atoms with E-state index in [4.69, 9.17) is 5.11 Å². The fraction of sp³-hybridized carbons (Fsp3) is 0.333. The first kappa shape index (κ1) is 7.59. The van der Waals surface area contributed by atoms with E-state index in [0.29, 0.717) is 0 Å². The molecule has 1 rings (SSSR count). The van der Waals surface area contributed by atoms with Crippen molar-refractivity contribution in [2.45, 2.75) is 12.8 Å². The summed E-state index contributed by atoms with van der Waals surface area (Å²) < 4.78 is 4.29. The number of carboxylic acids is 1. The fourth-order valence-corrected chi connectivity index (χ4v) is 0.642. The maximum absolute atomic E-state index is 10.4. The molecular formula is C6H7NO4. The number of hydrogen-bond acceptors (Lipinski definition) is 3. The van der Waals surface area contributed by atoms with E-state index in [0.717, 1.165) is 6.07 Å². The summed E-state index contributed by atoms with van der Waals surface area (Å²) in [5.41, 5.74) is -0.282. The van der Waals surface area contributed by atoms with E-state index in [-0.39, 0.29) is 5.69 Å². The van der Waals surface area contributed by atoms with Crippen LogP contribution in [0.1, 0.15) is 18.5 Å². The molecule has 0 saturated heterocycles. The first-order valence-electron chi connectivity index (χ1n) is 3.02. The van der Waals surface area contributed by atoms with Crippen molar-refractivity contribution in [1.29, 1.82) is 0 Å². The van der Waals surface area contributed by atoms with Crippen molar-refractivity contribution >= 4 is 5.97 Å². The molecule has 1 aromatic heterocycles. The van der Waals surface area contributed by atoms with E-state index in [2.05, 4.69) is 9.68 Å². The lowest BCUT2D eigenvalue weighted by atomic mass is 10.1. The van der Waals surface area contributed by atoms with Gasteiger partial charge >= 0.3 is 11.6 Å². The number of hydrogen-bond donors (Lipinski definition) is 2. The van der Waals surface area contributed by atoms with Crippen LogP contribution < -0.4 is 5.63 Å². The van der Waals surface area contributed by atoms with Gasteiger partial charge in [-0.3, -0.25) is 4.79 Å². The lowest BCUT2D eigenvalue weighted by Gasteiger charge is -1.98. The van der Waals surface area contributed by atoms with Gasteiger partial charge in [-0.05, 0) is 6.92 Å². The quantitative estimate of drug-likeness (QED) is 0.640. The molecule has 60 valence electrons. The molecule has 0 saturated carbocycles. The second-order valence-corrected chi connectivity index (χ2v) is 2.18. The molecule has 0 aliphatic rings. The Morgan fingerprint density at radius 3 is 2.82 bits per heavy atom. The van der Waals surface area contributed by atoms with Gasteiger partial charge in [0.2, 0.25) is 0 Å². The first-order chi connectivity index (χ1) is 5.11. The van der Waals surface area contributed by atoms with Crippen LogP contribution in [-0.2, 0) is 4.79 Å². The van der Waals surface area contributed by atoms with Crippen molar-refractivity contribution in [2.75, 3.05) is 0 Å². The van der Waals surface area contributed by atoms with E-state index >= 15 is 0 Å². The highest BCUT2D eigenvalue weighted by atomic mass is 16.5. The van der Waals surface area contributed by atoms with Gasteiger partial charge in [0, 0.05) is 6.07 Å². The largest absolute Gasteiger partial charge is 0.481 e. The minimum Gasteiger partial charge on any atom is -0.481 e. The van der Waals surface area contributed by atoms with Crippen molar-refractivity contribution in [3.63, 3.8) is 0 Å². The third-order valence-electron chi connectivity index (χ3n) is 1.38. The molecule has 5 heteroatoms. The molecule has 0 amide bonds. The SMILES string of the molecule is CC(C(=O)O)c1cc(=O)o[nH]1. The Morgan fingerprint density at radius 1 is 1.82 bits per heavy atom. The van der Waals surface area contributed by atoms with Crippen LogP contribution in [0.15, 0.2) is 15.4 Å². The van der Waals surface area contributed by atoms with Crippen LogP contribution in [0.25, 0.3) is 0 Å². The average Bonchev–Trinajstić information content (AvgIpc) is 2.34. The van der Waals surface area contributed by atoms with E-state index in [9.17, 15) is 9.59 Å². The van der Waals surface area contributed by atoms with Crippen LogP contribution in [0.4, 0.5) is 0 Å². The Morgan fingerprint density at radius 2 is 2.45 bits per heavy atom. The molecule has 2 N–H and O–H groups in total. The number of rotatable bonds is 2. The molecule has 0 bridgehead atoms. The summed E-state index contributed by atoms with van der Waals surface area (Å²) in [7, 11) is 0. The van der Waals surface area contributed by atoms with Crippen LogP contribution in [0.2, 0.25) is 0 Å². The third kappa shape index (κ3) is 1.49. The summed E-state index contributed by atoms with van der Waals surface area (Å²) in [6, 6.07) is 1.12. The lowest BCUT2D eigenvalue weighted by molar-refractivity contribution is -0.138. The Labute approximate surface area is 61.6 Å². The zero-order chi connectivity index (χ0) is 8.43. The Balaban J connectivity index is 2.93. The van der Waals surface area contributed by atoms with E-state index in [1.165, 1.54) is 6.92 Å². The summed E-state index contributed by atoms with van der Waals surface area (Å²) in [6.45, 7) is 1.46. The zero-order valence-corrected chi connectivity index (χ0v) is 5.83. The predicted octanol–water partition coefficient (Wildman–Crippen LogP) is 0.156. The topological polar surface area (TPSA) is 83.3 Å². The van der Waals surface area contributed by atoms with Gasteiger partial charge in [-0.15, -0.1) is 0 Å². The second kappa shape index (κ2) is 2.61. The van der Waals surface area contributed by atoms with Crippen LogP contribution in [0, 0.1) is 0 Å². The second-order valence-electron chi connectivity index (χ2n) is 2.18. The summed E-state index contributed by atoms with van der Waals surface area (Å²) in [5.74, 6) is -1.73. The Hall–Kier alpha value is -1.52. The van der Waals surface area contributed by atoms with Crippen LogP contribution in [-0.4, -0.2) is 16.2 Å². The van der Waals surface area contributed by atoms with E-state index in [1.54, 1.807) is 0 Å². The molecule has 0 aliphatic heterocycles. The number of carbonyl (C=O) groups is 1. The molecule has 0 fully saturated rings. The zero-order valence-electron chi connectivity index (χ0n) is 5.83. The highest BCUT2D eigenvalue weighted by molar-refractivity contribution is 5.74. The highest BCUT2D eigenvalue weighted by Gasteiger charge is 2.15. The molecule has 0 aliphatic carbocycles. The molecule has 1 heterocycles. The monoisotopic (exact) mass is 157 g/mol.